The Morgan fingerprint density at radius 2 is 2.10 bits per heavy atom. The van der Waals surface area contributed by atoms with E-state index in [9.17, 15) is 9.59 Å². The van der Waals surface area contributed by atoms with Gasteiger partial charge >= 0.3 is 0 Å². The predicted molar refractivity (Wildman–Crippen MR) is 120 cm³/mol. The monoisotopic (exact) mass is 442 g/mol. The largest absolute Gasteiger partial charge is 0.332 e. The molecule has 0 unspecified atom stereocenters. The van der Waals surface area contributed by atoms with Crippen LogP contribution in [0, 0.1) is 4.77 Å². The van der Waals surface area contributed by atoms with Crippen molar-refractivity contribution in [3.05, 3.63) is 73.6 Å². The standard InChI is InChI=1S/C20H15ClN4O2S2/c1-2-25-18(27)13-8-7-11(9-15(13)23-20(25)28)17(26)24-19-22-16(10-29-19)12-5-3-4-6-14(12)21/h3-10H,2H2,1H3,(H,23,28)(H,22,24,26). The maximum Gasteiger partial charge on any atom is 0.262 e. The normalized spacial score (nSPS) is 11.0. The maximum absolute atomic E-state index is 12.7. The minimum atomic E-state index is -0.328. The maximum atomic E-state index is 12.7. The number of H-pyrrole nitrogens is 1. The highest BCUT2D eigenvalue weighted by atomic mass is 35.5. The van der Waals surface area contributed by atoms with E-state index >= 15 is 0 Å². The Kier molecular flexibility index (Phi) is 5.31. The van der Waals surface area contributed by atoms with Crippen molar-refractivity contribution in [1.29, 1.82) is 0 Å². The number of nitrogens with zero attached hydrogens (tertiary/aromatic N) is 2. The number of hydrogen-bond donors (Lipinski definition) is 2. The van der Waals surface area contributed by atoms with E-state index in [2.05, 4.69) is 15.3 Å². The molecule has 0 aliphatic rings. The molecule has 4 aromatic rings. The van der Waals surface area contributed by atoms with Crippen LogP contribution in [0.3, 0.4) is 0 Å². The van der Waals surface area contributed by atoms with E-state index in [1.165, 1.54) is 15.9 Å². The second kappa shape index (κ2) is 7.90. The minimum Gasteiger partial charge on any atom is -0.332 e. The lowest BCUT2D eigenvalue weighted by molar-refractivity contribution is 0.102. The Labute approximate surface area is 179 Å². The van der Waals surface area contributed by atoms with Crippen LogP contribution in [0.15, 0.2) is 52.6 Å². The summed E-state index contributed by atoms with van der Waals surface area (Å²) in [6.07, 6.45) is 0. The molecule has 2 N–H and O–H groups in total. The fourth-order valence-electron chi connectivity index (χ4n) is 2.98. The molecular formula is C20H15ClN4O2S2. The lowest BCUT2D eigenvalue weighted by Crippen LogP contribution is -2.21. The predicted octanol–water partition coefficient (Wildman–Crippen LogP) is 5.11. The quantitative estimate of drug-likeness (QED) is 0.430. The highest BCUT2D eigenvalue weighted by Gasteiger charge is 2.13. The molecule has 0 saturated carbocycles. The molecular weight excluding hydrogens is 428 g/mol. The lowest BCUT2D eigenvalue weighted by Gasteiger charge is -2.07. The van der Waals surface area contributed by atoms with Gasteiger partial charge in [0, 0.05) is 28.1 Å². The van der Waals surface area contributed by atoms with Gasteiger partial charge in [-0.1, -0.05) is 29.8 Å². The SMILES string of the molecule is CCn1c(=S)[nH]c2cc(C(=O)Nc3nc(-c4ccccc4Cl)cs3)ccc2c1=O. The summed E-state index contributed by atoms with van der Waals surface area (Å²) < 4.78 is 1.80. The van der Waals surface area contributed by atoms with E-state index in [0.29, 0.717) is 43.6 Å². The van der Waals surface area contributed by atoms with E-state index in [4.69, 9.17) is 23.8 Å². The van der Waals surface area contributed by atoms with Crippen molar-refractivity contribution in [2.45, 2.75) is 13.5 Å². The molecule has 0 fully saturated rings. The Morgan fingerprint density at radius 3 is 2.86 bits per heavy atom. The van der Waals surface area contributed by atoms with Gasteiger partial charge < -0.3 is 4.98 Å². The second-order valence-corrected chi connectivity index (χ2v) is 7.86. The molecule has 0 aliphatic heterocycles. The van der Waals surface area contributed by atoms with Crippen LogP contribution >= 0.6 is 35.2 Å². The molecule has 2 aromatic carbocycles. The number of anilines is 1. The summed E-state index contributed by atoms with van der Waals surface area (Å²) in [6.45, 7) is 2.33. The number of nitrogens with one attached hydrogen (secondary N) is 2. The number of thiazole rings is 1. The number of amides is 1. The first-order valence-corrected chi connectivity index (χ1v) is 10.4. The molecule has 2 aromatic heterocycles. The molecule has 9 heteroatoms. The third-order valence-electron chi connectivity index (χ3n) is 4.43. The number of halogens is 1. The van der Waals surface area contributed by atoms with E-state index in [1.54, 1.807) is 24.3 Å². The van der Waals surface area contributed by atoms with E-state index < -0.39 is 0 Å². The molecule has 1 amide bonds. The Bertz CT molecular complexity index is 1360. The first-order chi connectivity index (χ1) is 14.0. The van der Waals surface area contributed by atoms with Crippen LogP contribution in [0.25, 0.3) is 22.2 Å². The number of hydrogen-bond acceptors (Lipinski definition) is 5. The van der Waals surface area contributed by atoms with Crippen LogP contribution in [0.5, 0.6) is 0 Å². The van der Waals surface area contributed by atoms with Crippen molar-refractivity contribution < 1.29 is 4.79 Å². The number of carbonyl (C=O) groups excluding carboxylic acids is 1. The van der Waals surface area contributed by atoms with Gasteiger partial charge in [0.05, 0.1) is 16.6 Å². The van der Waals surface area contributed by atoms with Gasteiger partial charge in [-0.25, -0.2) is 4.98 Å². The molecule has 0 spiro atoms. The Balaban J connectivity index is 1.62. The number of carbonyl (C=O) groups is 1. The van der Waals surface area contributed by atoms with Crippen LogP contribution in [0.2, 0.25) is 5.02 Å². The average molecular weight is 443 g/mol. The fraction of sp³-hybridized carbons (Fsp3) is 0.100. The van der Waals surface area contributed by atoms with Gasteiger partial charge in [0.1, 0.15) is 0 Å². The summed E-state index contributed by atoms with van der Waals surface area (Å²) in [4.78, 5) is 32.6. The third-order valence-corrected chi connectivity index (χ3v) is 5.84. The summed E-state index contributed by atoms with van der Waals surface area (Å²) in [7, 11) is 0. The van der Waals surface area contributed by atoms with Gasteiger partial charge in [0.2, 0.25) is 0 Å². The second-order valence-electron chi connectivity index (χ2n) is 6.21. The van der Waals surface area contributed by atoms with Crippen LogP contribution in [-0.2, 0) is 6.54 Å². The van der Waals surface area contributed by atoms with Gasteiger partial charge in [-0.3, -0.25) is 19.5 Å². The van der Waals surface area contributed by atoms with E-state index in [-0.39, 0.29) is 11.5 Å². The van der Waals surface area contributed by atoms with Gasteiger partial charge in [-0.2, -0.15) is 0 Å². The molecule has 6 nitrogen and oxygen atoms in total. The zero-order valence-corrected chi connectivity index (χ0v) is 17.6. The molecule has 0 aliphatic carbocycles. The summed E-state index contributed by atoms with van der Waals surface area (Å²) in [5.74, 6) is -0.328. The summed E-state index contributed by atoms with van der Waals surface area (Å²) >= 11 is 12.7. The van der Waals surface area contributed by atoms with E-state index in [1.807, 2.05) is 30.5 Å². The number of aromatic nitrogens is 3. The van der Waals surface area contributed by atoms with Crippen molar-refractivity contribution in [3.63, 3.8) is 0 Å². The van der Waals surface area contributed by atoms with Crippen molar-refractivity contribution in [2.75, 3.05) is 5.32 Å². The molecule has 0 atom stereocenters. The first kappa shape index (κ1) is 19.5. The summed E-state index contributed by atoms with van der Waals surface area (Å²) in [6, 6.07) is 12.2. The van der Waals surface area contributed by atoms with Gasteiger partial charge in [0.15, 0.2) is 9.90 Å². The number of aromatic amines is 1. The Hall–Kier alpha value is -2.81. The van der Waals surface area contributed by atoms with Crippen LogP contribution in [0.1, 0.15) is 17.3 Å². The molecule has 0 radical (unpaired) electrons. The molecule has 2 heterocycles. The zero-order chi connectivity index (χ0) is 20.5. The fourth-order valence-corrected chi connectivity index (χ4v) is 4.24. The zero-order valence-electron chi connectivity index (χ0n) is 15.2. The number of fused-ring (bicyclic) bond motifs is 1. The smallest absolute Gasteiger partial charge is 0.262 e. The third kappa shape index (κ3) is 3.74. The minimum absolute atomic E-state index is 0.178. The average Bonchev–Trinajstić information content (AvgIpc) is 3.16. The van der Waals surface area contributed by atoms with Gasteiger partial charge in [-0.15, -0.1) is 11.3 Å². The molecule has 29 heavy (non-hydrogen) atoms. The van der Waals surface area contributed by atoms with Crippen LogP contribution in [0.4, 0.5) is 5.13 Å². The summed E-state index contributed by atoms with van der Waals surface area (Å²) in [5, 5.41) is 6.15. The van der Waals surface area contributed by atoms with Crippen LogP contribution in [-0.4, -0.2) is 20.4 Å². The first-order valence-electron chi connectivity index (χ1n) is 8.76. The lowest BCUT2D eigenvalue weighted by atomic mass is 10.1. The van der Waals surface area contributed by atoms with Crippen molar-refractivity contribution in [1.82, 2.24) is 14.5 Å². The molecule has 0 saturated heterocycles. The van der Waals surface area contributed by atoms with E-state index in [0.717, 1.165) is 5.56 Å². The van der Waals surface area contributed by atoms with Crippen molar-refractivity contribution in [3.8, 4) is 11.3 Å². The molecule has 4 rings (SSSR count). The molecule has 0 bridgehead atoms. The van der Waals surface area contributed by atoms with Gasteiger partial charge in [-0.05, 0) is 43.4 Å². The van der Waals surface area contributed by atoms with Crippen LogP contribution < -0.4 is 10.9 Å². The van der Waals surface area contributed by atoms with Crippen molar-refractivity contribution in [2.24, 2.45) is 0 Å². The van der Waals surface area contributed by atoms with Gasteiger partial charge in [0.25, 0.3) is 11.5 Å². The highest BCUT2D eigenvalue weighted by molar-refractivity contribution is 7.71. The molecule has 146 valence electrons. The number of rotatable bonds is 4. The topological polar surface area (TPSA) is 79.8 Å². The highest BCUT2D eigenvalue weighted by Crippen LogP contribution is 2.30. The summed E-state index contributed by atoms with van der Waals surface area (Å²) in [5.41, 5.74) is 2.23. The Morgan fingerprint density at radius 1 is 1.31 bits per heavy atom. The number of benzene rings is 2. The van der Waals surface area contributed by atoms with Crippen molar-refractivity contribution >= 4 is 57.1 Å².